The molecule has 2 N–H and O–H groups in total. The highest BCUT2D eigenvalue weighted by Gasteiger charge is 2.19. The van der Waals surface area contributed by atoms with Crippen molar-refractivity contribution in [3.8, 4) is 5.75 Å². The number of urea groups is 1. The Kier molecular flexibility index (Phi) is 7.10. The Labute approximate surface area is 149 Å². The average Bonchev–Trinajstić information content (AvgIpc) is 2.97. The summed E-state index contributed by atoms with van der Waals surface area (Å²) in [6.07, 6.45) is 1.93. The first-order valence-corrected chi connectivity index (χ1v) is 9.04. The molecule has 0 saturated carbocycles. The lowest BCUT2D eigenvalue weighted by atomic mass is 10.0. The molecule has 1 heterocycles. The Balaban J connectivity index is 1.63. The second-order valence-corrected chi connectivity index (χ2v) is 6.72. The lowest BCUT2D eigenvalue weighted by Crippen LogP contribution is -2.44. The van der Waals surface area contributed by atoms with Crippen LogP contribution in [-0.4, -0.2) is 42.7 Å². The number of ether oxygens (including phenoxy) is 1. The molecule has 0 radical (unpaired) electrons. The molecule has 1 unspecified atom stereocenters. The number of rotatable bonds is 8. The van der Waals surface area contributed by atoms with Gasteiger partial charge in [0.15, 0.2) is 6.23 Å². The number of likely N-dealkylation sites (tertiary alicyclic amines) is 1. The molecule has 0 aromatic heterocycles. The molecule has 25 heavy (non-hydrogen) atoms. The van der Waals surface area contributed by atoms with Crippen LogP contribution in [0.2, 0.25) is 0 Å². The maximum atomic E-state index is 11.9. The maximum absolute atomic E-state index is 11.9. The largest absolute Gasteiger partial charge is 0.471 e. The van der Waals surface area contributed by atoms with Crippen LogP contribution in [0.5, 0.6) is 5.75 Å². The van der Waals surface area contributed by atoms with E-state index in [0.717, 1.165) is 25.1 Å². The second-order valence-electron chi connectivity index (χ2n) is 6.72. The maximum Gasteiger partial charge on any atom is 0.317 e. The molecule has 1 fully saturated rings. The summed E-state index contributed by atoms with van der Waals surface area (Å²) >= 11 is 0. The van der Waals surface area contributed by atoms with Gasteiger partial charge in [-0.15, -0.1) is 0 Å². The molecule has 0 bridgehead atoms. The van der Waals surface area contributed by atoms with E-state index in [9.17, 15) is 9.59 Å². The Morgan fingerprint density at radius 1 is 1.24 bits per heavy atom. The van der Waals surface area contributed by atoms with Crippen LogP contribution in [0.3, 0.4) is 0 Å². The molecular formula is C19H29N3O3. The van der Waals surface area contributed by atoms with Crippen molar-refractivity contribution in [2.45, 2.75) is 52.2 Å². The van der Waals surface area contributed by atoms with Crippen molar-refractivity contribution in [2.75, 3.05) is 19.6 Å². The predicted octanol–water partition coefficient (Wildman–Crippen LogP) is 2.85. The third-order valence-electron chi connectivity index (χ3n) is 4.26. The van der Waals surface area contributed by atoms with E-state index in [1.54, 1.807) is 6.92 Å². The van der Waals surface area contributed by atoms with Gasteiger partial charge in [0, 0.05) is 26.1 Å². The van der Waals surface area contributed by atoms with Gasteiger partial charge in [-0.25, -0.2) is 4.79 Å². The lowest BCUT2D eigenvalue weighted by Gasteiger charge is -2.18. The number of hydrogen-bond acceptors (Lipinski definition) is 3. The Bertz CT molecular complexity index is 572. The number of carbonyl (C=O) groups excluding carboxylic acids is 2. The van der Waals surface area contributed by atoms with Crippen molar-refractivity contribution in [1.82, 2.24) is 15.5 Å². The molecule has 1 aliphatic heterocycles. The smallest absolute Gasteiger partial charge is 0.317 e. The van der Waals surface area contributed by atoms with E-state index in [1.165, 1.54) is 5.56 Å². The highest BCUT2D eigenvalue weighted by Crippen LogP contribution is 2.19. The summed E-state index contributed by atoms with van der Waals surface area (Å²) in [4.78, 5) is 25.2. The van der Waals surface area contributed by atoms with Crippen LogP contribution in [0.1, 0.15) is 51.5 Å². The highest BCUT2D eigenvalue weighted by atomic mass is 16.5. The Hall–Kier alpha value is -2.24. The summed E-state index contributed by atoms with van der Waals surface area (Å²) < 4.78 is 5.70. The van der Waals surface area contributed by atoms with Gasteiger partial charge in [0.2, 0.25) is 5.91 Å². The fourth-order valence-electron chi connectivity index (χ4n) is 2.81. The first-order chi connectivity index (χ1) is 12.0. The van der Waals surface area contributed by atoms with Gasteiger partial charge < -0.3 is 20.3 Å². The van der Waals surface area contributed by atoms with E-state index >= 15 is 0 Å². The fourth-order valence-corrected chi connectivity index (χ4v) is 2.81. The van der Waals surface area contributed by atoms with Crippen molar-refractivity contribution in [2.24, 2.45) is 0 Å². The van der Waals surface area contributed by atoms with Crippen LogP contribution in [-0.2, 0) is 4.79 Å². The molecule has 1 atom stereocenters. The molecule has 0 aliphatic carbocycles. The van der Waals surface area contributed by atoms with Crippen LogP contribution in [0.4, 0.5) is 4.79 Å². The summed E-state index contributed by atoms with van der Waals surface area (Å²) in [6, 6.07) is 7.63. The first kappa shape index (κ1) is 19.1. The minimum atomic E-state index is -0.426. The van der Waals surface area contributed by atoms with Crippen LogP contribution < -0.4 is 15.4 Å². The van der Waals surface area contributed by atoms with E-state index in [-0.39, 0.29) is 11.9 Å². The van der Waals surface area contributed by atoms with Gasteiger partial charge in [-0.3, -0.25) is 4.79 Å². The normalized spacial score (nSPS) is 15.4. The standard InChI is InChI=1S/C19H29N3O3/c1-14(2)16-7-9-17(10-8-16)25-15(3)21-19(24)20-11-5-13-22-12-4-6-18(22)23/h7-10,14-15H,4-6,11-13H2,1-3H3,(H2,20,21,24). The topological polar surface area (TPSA) is 70.7 Å². The monoisotopic (exact) mass is 347 g/mol. The zero-order chi connectivity index (χ0) is 18.2. The van der Waals surface area contributed by atoms with E-state index in [2.05, 4.69) is 24.5 Å². The van der Waals surface area contributed by atoms with Gasteiger partial charge in [0.1, 0.15) is 5.75 Å². The predicted molar refractivity (Wildman–Crippen MR) is 97.6 cm³/mol. The third-order valence-corrected chi connectivity index (χ3v) is 4.26. The van der Waals surface area contributed by atoms with Gasteiger partial charge in [-0.2, -0.15) is 0 Å². The Morgan fingerprint density at radius 3 is 2.56 bits per heavy atom. The SMILES string of the molecule is CC(NC(=O)NCCCN1CCCC1=O)Oc1ccc(C(C)C)cc1. The number of carbonyl (C=O) groups is 2. The van der Waals surface area contributed by atoms with Crippen molar-refractivity contribution in [3.63, 3.8) is 0 Å². The molecule has 1 aliphatic rings. The van der Waals surface area contributed by atoms with Gasteiger partial charge in [-0.1, -0.05) is 26.0 Å². The summed E-state index contributed by atoms with van der Waals surface area (Å²) in [5, 5.41) is 5.54. The molecule has 1 aromatic rings. The van der Waals surface area contributed by atoms with Crippen LogP contribution in [0, 0.1) is 0 Å². The summed E-state index contributed by atoms with van der Waals surface area (Å²) in [5.41, 5.74) is 1.25. The van der Waals surface area contributed by atoms with Gasteiger partial charge >= 0.3 is 6.03 Å². The fraction of sp³-hybridized carbons (Fsp3) is 0.579. The van der Waals surface area contributed by atoms with Gasteiger partial charge in [-0.05, 0) is 43.4 Å². The van der Waals surface area contributed by atoms with Crippen molar-refractivity contribution >= 4 is 11.9 Å². The molecule has 6 nitrogen and oxygen atoms in total. The van der Waals surface area contributed by atoms with Crippen LogP contribution in [0.25, 0.3) is 0 Å². The highest BCUT2D eigenvalue weighted by molar-refractivity contribution is 5.78. The molecule has 6 heteroatoms. The zero-order valence-corrected chi connectivity index (χ0v) is 15.4. The van der Waals surface area contributed by atoms with Crippen LogP contribution >= 0.6 is 0 Å². The molecule has 138 valence electrons. The second kappa shape index (κ2) is 9.30. The number of amides is 3. The number of nitrogens with zero attached hydrogens (tertiary/aromatic N) is 1. The minimum absolute atomic E-state index is 0.218. The molecule has 1 saturated heterocycles. The number of hydrogen-bond donors (Lipinski definition) is 2. The summed E-state index contributed by atoms with van der Waals surface area (Å²) in [6.45, 7) is 8.15. The average molecular weight is 347 g/mol. The Morgan fingerprint density at radius 2 is 1.96 bits per heavy atom. The summed E-state index contributed by atoms with van der Waals surface area (Å²) in [7, 11) is 0. The van der Waals surface area contributed by atoms with Crippen molar-refractivity contribution < 1.29 is 14.3 Å². The van der Waals surface area contributed by atoms with Gasteiger partial charge in [0.05, 0.1) is 0 Å². The molecule has 3 amide bonds. The lowest BCUT2D eigenvalue weighted by molar-refractivity contribution is -0.127. The third kappa shape index (κ3) is 6.29. The first-order valence-electron chi connectivity index (χ1n) is 9.04. The molecular weight excluding hydrogens is 318 g/mol. The molecule has 2 rings (SSSR count). The molecule has 0 spiro atoms. The van der Waals surface area contributed by atoms with E-state index in [1.807, 2.05) is 29.2 Å². The van der Waals surface area contributed by atoms with Crippen molar-refractivity contribution in [3.05, 3.63) is 29.8 Å². The van der Waals surface area contributed by atoms with Gasteiger partial charge in [0.25, 0.3) is 0 Å². The van der Waals surface area contributed by atoms with E-state index in [0.29, 0.717) is 25.4 Å². The summed E-state index contributed by atoms with van der Waals surface area (Å²) in [5.74, 6) is 1.42. The van der Waals surface area contributed by atoms with E-state index in [4.69, 9.17) is 4.74 Å². The quantitative estimate of drug-likeness (QED) is 0.561. The van der Waals surface area contributed by atoms with Crippen molar-refractivity contribution in [1.29, 1.82) is 0 Å². The van der Waals surface area contributed by atoms with Crippen LogP contribution in [0.15, 0.2) is 24.3 Å². The zero-order valence-electron chi connectivity index (χ0n) is 15.4. The van der Waals surface area contributed by atoms with E-state index < -0.39 is 6.23 Å². The molecule has 1 aromatic carbocycles. The number of nitrogens with one attached hydrogen (secondary N) is 2. The minimum Gasteiger partial charge on any atom is -0.471 e. The number of benzene rings is 1.